The summed E-state index contributed by atoms with van der Waals surface area (Å²) in [4.78, 5) is 14.3. The molecule has 3 nitrogen and oxygen atoms in total. The predicted molar refractivity (Wildman–Crippen MR) is 69.1 cm³/mol. The minimum absolute atomic E-state index is 0.0143. The van der Waals surface area contributed by atoms with Gasteiger partial charge in [0.25, 0.3) is 5.91 Å². The van der Waals surface area contributed by atoms with Gasteiger partial charge in [0.2, 0.25) is 0 Å². The minimum atomic E-state index is -0.270. The molecule has 0 bridgehead atoms. The minimum Gasteiger partial charge on any atom is -0.331 e. The van der Waals surface area contributed by atoms with Crippen molar-refractivity contribution >= 4 is 5.91 Å². The number of nitrogens with one attached hydrogen (secondary N) is 1. The molecular formula is C14H19FN2O. The highest BCUT2D eigenvalue weighted by molar-refractivity contribution is 5.95. The van der Waals surface area contributed by atoms with Crippen LogP contribution in [0, 0.1) is 12.7 Å². The van der Waals surface area contributed by atoms with Gasteiger partial charge >= 0.3 is 0 Å². The summed E-state index contributed by atoms with van der Waals surface area (Å²) in [6.45, 7) is 7.33. The quantitative estimate of drug-likeness (QED) is 0.826. The molecule has 1 saturated heterocycles. The largest absolute Gasteiger partial charge is 0.331 e. The van der Waals surface area contributed by atoms with Crippen LogP contribution in [0.5, 0.6) is 0 Å². The lowest BCUT2D eigenvalue weighted by Gasteiger charge is -2.39. The number of rotatable bonds is 1. The summed E-state index contributed by atoms with van der Waals surface area (Å²) in [6.07, 6.45) is 0. The Kier molecular flexibility index (Phi) is 3.66. The van der Waals surface area contributed by atoms with Crippen LogP contribution in [-0.2, 0) is 0 Å². The van der Waals surface area contributed by atoms with Crippen LogP contribution in [0.4, 0.5) is 4.39 Å². The standard InChI is InChI=1S/C14H19FN2O/c1-9-6-12(4-5-13(9)15)14(18)17-10(2)7-16-8-11(17)3/h4-6,10-11,16H,7-8H2,1-3H3. The van der Waals surface area contributed by atoms with E-state index in [1.54, 1.807) is 19.1 Å². The van der Waals surface area contributed by atoms with E-state index in [-0.39, 0.29) is 23.8 Å². The van der Waals surface area contributed by atoms with E-state index in [0.717, 1.165) is 13.1 Å². The number of nitrogens with zero attached hydrogens (tertiary/aromatic N) is 1. The van der Waals surface area contributed by atoms with Gasteiger partial charge in [-0.1, -0.05) is 0 Å². The lowest BCUT2D eigenvalue weighted by molar-refractivity contribution is 0.0544. The molecule has 4 heteroatoms. The van der Waals surface area contributed by atoms with Crippen LogP contribution in [0.25, 0.3) is 0 Å². The molecule has 0 saturated carbocycles. The summed E-state index contributed by atoms with van der Waals surface area (Å²) >= 11 is 0. The van der Waals surface area contributed by atoms with E-state index in [0.29, 0.717) is 11.1 Å². The van der Waals surface area contributed by atoms with Crippen molar-refractivity contribution in [2.75, 3.05) is 13.1 Å². The Morgan fingerprint density at radius 2 is 1.94 bits per heavy atom. The third-order valence-corrected chi connectivity index (χ3v) is 3.47. The number of piperazine rings is 1. The van der Waals surface area contributed by atoms with Gasteiger partial charge in [0.05, 0.1) is 0 Å². The average Bonchev–Trinajstić information content (AvgIpc) is 2.32. The van der Waals surface area contributed by atoms with Gasteiger partial charge in [-0.05, 0) is 44.5 Å². The number of aryl methyl sites for hydroxylation is 1. The summed E-state index contributed by atoms with van der Waals surface area (Å²) in [6, 6.07) is 4.86. The molecule has 18 heavy (non-hydrogen) atoms. The number of benzene rings is 1. The Bertz CT molecular complexity index is 451. The van der Waals surface area contributed by atoms with E-state index >= 15 is 0 Å². The Balaban J connectivity index is 2.26. The van der Waals surface area contributed by atoms with Gasteiger partial charge < -0.3 is 10.2 Å². The monoisotopic (exact) mass is 250 g/mol. The third-order valence-electron chi connectivity index (χ3n) is 3.47. The predicted octanol–water partition coefficient (Wildman–Crippen LogP) is 1.96. The number of carbonyl (C=O) groups is 1. The maximum Gasteiger partial charge on any atom is 0.254 e. The molecule has 2 rings (SSSR count). The number of hydrogen-bond donors (Lipinski definition) is 1. The summed E-state index contributed by atoms with van der Waals surface area (Å²) < 4.78 is 13.2. The van der Waals surface area contributed by atoms with Crippen molar-refractivity contribution in [1.82, 2.24) is 10.2 Å². The Labute approximate surface area is 107 Å². The number of halogens is 1. The summed E-state index contributed by atoms with van der Waals surface area (Å²) in [7, 11) is 0. The van der Waals surface area contributed by atoms with Crippen LogP contribution >= 0.6 is 0 Å². The highest BCUT2D eigenvalue weighted by atomic mass is 19.1. The molecule has 2 unspecified atom stereocenters. The zero-order chi connectivity index (χ0) is 13.3. The van der Waals surface area contributed by atoms with Gasteiger partial charge in [-0.2, -0.15) is 0 Å². The van der Waals surface area contributed by atoms with Crippen molar-refractivity contribution < 1.29 is 9.18 Å². The fourth-order valence-corrected chi connectivity index (χ4v) is 2.46. The van der Waals surface area contributed by atoms with Gasteiger partial charge in [0.15, 0.2) is 0 Å². The highest BCUT2D eigenvalue weighted by Gasteiger charge is 2.29. The van der Waals surface area contributed by atoms with Gasteiger partial charge in [-0.3, -0.25) is 4.79 Å². The van der Waals surface area contributed by atoms with Crippen molar-refractivity contribution in [3.8, 4) is 0 Å². The van der Waals surface area contributed by atoms with E-state index in [1.807, 2.05) is 18.7 Å². The second-order valence-corrected chi connectivity index (χ2v) is 5.03. The molecule has 1 aromatic carbocycles. The molecule has 1 aromatic rings. The Hall–Kier alpha value is -1.42. The summed E-state index contributed by atoms with van der Waals surface area (Å²) in [5.41, 5.74) is 1.07. The van der Waals surface area contributed by atoms with Crippen molar-refractivity contribution in [2.45, 2.75) is 32.9 Å². The van der Waals surface area contributed by atoms with E-state index in [2.05, 4.69) is 5.32 Å². The SMILES string of the molecule is Cc1cc(C(=O)N2C(C)CNCC2C)ccc1F. The molecule has 1 aliphatic heterocycles. The normalized spacial score (nSPS) is 24.1. The van der Waals surface area contributed by atoms with Crippen LogP contribution in [-0.4, -0.2) is 36.0 Å². The molecule has 1 heterocycles. The molecule has 0 radical (unpaired) electrons. The lowest BCUT2D eigenvalue weighted by atomic mass is 10.1. The molecule has 1 fully saturated rings. The first kappa shape index (κ1) is 13.0. The molecular weight excluding hydrogens is 231 g/mol. The van der Waals surface area contributed by atoms with Crippen LogP contribution in [0.1, 0.15) is 29.8 Å². The molecule has 1 amide bonds. The number of carbonyl (C=O) groups excluding carboxylic acids is 1. The zero-order valence-corrected chi connectivity index (χ0v) is 11.0. The Morgan fingerprint density at radius 1 is 1.33 bits per heavy atom. The average molecular weight is 250 g/mol. The number of hydrogen-bond acceptors (Lipinski definition) is 2. The fourth-order valence-electron chi connectivity index (χ4n) is 2.46. The lowest BCUT2D eigenvalue weighted by Crippen LogP contribution is -2.57. The maximum absolute atomic E-state index is 13.2. The van der Waals surface area contributed by atoms with E-state index in [4.69, 9.17) is 0 Å². The van der Waals surface area contributed by atoms with Gasteiger partial charge in [0.1, 0.15) is 5.82 Å². The van der Waals surface area contributed by atoms with Crippen LogP contribution < -0.4 is 5.32 Å². The van der Waals surface area contributed by atoms with Crippen LogP contribution in [0.2, 0.25) is 0 Å². The van der Waals surface area contributed by atoms with Gasteiger partial charge in [-0.25, -0.2) is 4.39 Å². The topological polar surface area (TPSA) is 32.3 Å². The van der Waals surface area contributed by atoms with Crippen molar-refractivity contribution in [3.05, 3.63) is 35.1 Å². The van der Waals surface area contributed by atoms with Crippen molar-refractivity contribution in [1.29, 1.82) is 0 Å². The molecule has 1 aliphatic rings. The second kappa shape index (κ2) is 5.06. The van der Waals surface area contributed by atoms with Gasteiger partial charge in [0, 0.05) is 30.7 Å². The first-order valence-corrected chi connectivity index (χ1v) is 6.30. The fraction of sp³-hybridized carbons (Fsp3) is 0.500. The Morgan fingerprint density at radius 3 is 2.50 bits per heavy atom. The molecule has 0 spiro atoms. The molecule has 98 valence electrons. The second-order valence-electron chi connectivity index (χ2n) is 5.03. The zero-order valence-electron chi connectivity index (χ0n) is 11.0. The highest BCUT2D eigenvalue weighted by Crippen LogP contribution is 2.17. The van der Waals surface area contributed by atoms with Crippen LogP contribution in [0.3, 0.4) is 0 Å². The molecule has 1 N–H and O–H groups in total. The molecule has 0 aromatic heterocycles. The third kappa shape index (κ3) is 2.38. The van der Waals surface area contributed by atoms with E-state index < -0.39 is 0 Å². The summed E-state index contributed by atoms with van der Waals surface area (Å²) in [5.74, 6) is -0.285. The molecule has 2 atom stereocenters. The smallest absolute Gasteiger partial charge is 0.254 e. The van der Waals surface area contributed by atoms with Gasteiger partial charge in [-0.15, -0.1) is 0 Å². The first-order chi connectivity index (χ1) is 8.50. The maximum atomic E-state index is 13.2. The number of amides is 1. The van der Waals surface area contributed by atoms with Crippen molar-refractivity contribution in [2.24, 2.45) is 0 Å². The molecule has 0 aliphatic carbocycles. The first-order valence-electron chi connectivity index (χ1n) is 6.30. The summed E-state index contributed by atoms with van der Waals surface area (Å²) in [5, 5.41) is 3.29. The van der Waals surface area contributed by atoms with E-state index in [1.165, 1.54) is 6.07 Å². The van der Waals surface area contributed by atoms with Crippen molar-refractivity contribution in [3.63, 3.8) is 0 Å². The van der Waals surface area contributed by atoms with Crippen LogP contribution in [0.15, 0.2) is 18.2 Å². The van der Waals surface area contributed by atoms with E-state index in [9.17, 15) is 9.18 Å².